The number of hydrogen-bond acceptors (Lipinski definition) is 10. The lowest BCUT2D eigenvalue weighted by atomic mass is 9.69. The maximum Gasteiger partial charge on any atom is 0.304 e. The van der Waals surface area contributed by atoms with Crippen LogP contribution in [-0.4, -0.2) is 79.2 Å². The number of aromatic hydroxyl groups is 4. The monoisotopic (exact) mass is 1140 g/mol. The van der Waals surface area contributed by atoms with Gasteiger partial charge in [0.1, 0.15) is 47.7 Å². The lowest BCUT2D eigenvalue weighted by Crippen LogP contribution is -2.29. The van der Waals surface area contributed by atoms with Crippen LogP contribution < -0.4 is 9.47 Å². The molecular formula is C71H96O12. The van der Waals surface area contributed by atoms with E-state index < -0.39 is 22.8 Å². The Morgan fingerprint density at radius 1 is 0.373 bits per heavy atom. The minimum absolute atomic E-state index is 0.0229. The fraction of sp³-hybridized carbons (Fsp3) is 0.465. The van der Waals surface area contributed by atoms with Gasteiger partial charge < -0.3 is 50.3 Å². The molecule has 0 aliphatic carbocycles. The molecule has 0 heterocycles. The molecule has 0 spiro atoms. The van der Waals surface area contributed by atoms with Crippen molar-refractivity contribution < 1.29 is 59.9 Å². The van der Waals surface area contributed by atoms with Crippen LogP contribution in [-0.2, 0) is 47.5 Å². The number of phenolic OH excluding ortho intramolecular Hbond substituents is 4. The summed E-state index contributed by atoms with van der Waals surface area (Å²) >= 11 is 0. The molecule has 83 heavy (non-hydrogen) atoms. The Labute approximate surface area is 494 Å². The van der Waals surface area contributed by atoms with Gasteiger partial charge in [0.15, 0.2) is 0 Å². The summed E-state index contributed by atoms with van der Waals surface area (Å²) in [7, 11) is 0. The summed E-state index contributed by atoms with van der Waals surface area (Å²) in [6, 6.07) is 30.9. The highest BCUT2D eigenvalue weighted by Gasteiger charge is 2.38. The van der Waals surface area contributed by atoms with E-state index in [-0.39, 0.29) is 89.3 Å². The van der Waals surface area contributed by atoms with E-state index in [9.17, 15) is 40.2 Å². The minimum atomic E-state index is -0.899. The van der Waals surface area contributed by atoms with E-state index in [1.165, 1.54) is 0 Å². The standard InChI is InChI=1S/2C26H36O4.C19H24O4/c2*1-15-10-17(12-19(22(15)29)24(3,4)5)26(9,14-21(27)28)18-11-16(2)23(30)20(13-18)25(6,7)8;1-19(2,15-7-3-5-9-17(15)22-13-11-20)16-8-4-6-10-18(16)23-14-12-21/h2*10-13,29-30H,14H2,1-9H3,(H,27,28);3-10,20-21H,11-14H2,1-2H3. The molecule has 6 rings (SSSR count). The molecule has 0 aromatic heterocycles. The molecule has 452 valence electrons. The summed E-state index contributed by atoms with van der Waals surface area (Å²) in [6.45, 7) is 40.3. The number of rotatable bonds is 16. The molecule has 0 aliphatic rings. The molecule has 12 heteroatoms. The Bertz CT molecular complexity index is 2890. The molecule has 0 fully saturated rings. The number of carboxylic acid groups (broad SMARTS) is 2. The molecule has 0 bridgehead atoms. The van der Waals surface area contributed by atoms with Crippen LogP contribution in [0.15, 0.2) is 97.1 Å². The van der Waals surface area contributed by atoms with Crippen LogP contribution >= 0.6 is 0 Å². The summed E-state index contributed by atoms with van der Waals surface area (Å²) in [5.41, 5.74) is 8.28. The predicted molar refractivity (Wildman–Crippen MR) is 334 cm³/mol. The second-order valence-electron chi connectivity index (χ2n) is 27.3. The fourth-order valence-corrected chi connectivity index (χ4v) is 10.7. The van der Waals surface area contributed by atoms with Crippen molar-refractivity contribution in [2.75, 3.05) is 26.4 Å². The Balaban J connectivity index is 0.000000270. The van der Waals surface area contributed by atoms with Gasteiger partial charge in [-0.15, -0.1) is 0 Å². The SMILES string of the molecule is CC(C)(c1ccccc1OCCO)c1ccccc1OCCO.Cc1cc(C(C)(CC(=O)O)c2cc(C)c(O)c(C(C)(C)C)c2)cc(C(C)(C)C)c1O.Cc1cc(C(C)(CC(=O)O)c2cc(C)c(O)c(C(C)(C)C)c2)cc(C(C)(C)C)c1O. The predicted octanol–water partition coefficient (Wildman–Crippen LogP) is 14.9. The van der Waals surface area contributed by atoms with Crippen molar-refractivity contribution >= 4 is 11.9 Å². The van der Waals surface area contributed by atoms with Gasteiger partial charge >= 0.3 is 11.9 Å². The second kappa shape index (κ2) is 26.3. The molecule has 0 atom stereocenters. The van der Waals surface area contributed by atoms with Crippen molar-refractivity contribution in [3.63, 3.8) is 0 Å². The molecule has 6 aromatic carbocycles. The maximum absolute atomic E-state index is 11.9. The second-order valence-corrected chi connectivity index (χ2v) is 27.3. The van der Waals surface area contributed by atoms with Crippen LogP contribution in [0.25, 0.3) is 0 Å². The number of carbonyl (C=O) groups is 2. The number of ether oxygens (including phenoxy) is 2. The molecule has 0 unspecified atom stereocenters. The number of aliphatic carboxylic acids is 2. The average Bonchev–Trinajstić information content (AvgIpc) is 3.22. The molecule has 0 aliphatic heterocycles. The molecule has 0 amide bonds. The highest BCUT2D eigenvalue weighted by Crippen LogP contribution is 2.48. The van der Waals surface area contributed by atoms with Crippen molar-refractivity contribution in [2.45, 2.75) is 189 Å². The van der Waals surface area contributed by atoms with Crippen LogP contribution in [0.5, 0.6) is 34.5 Å². The average molecular weight is 1140 g/mol. The fourth-order valence-electron chi connectivity index (χ4n) is 10.7. The third kappa shape index (κ3) is 16.2. The Morgan fingerprint density at radius 2 is 0.602 bits per heavy atom. The minimum Gasteiger partial charge on any atom is -0.507 e. The first-order valence-corrected chi connectivity index (χ1v) is 28.6. The number of aliphatic hydroxyl groups excluding tert-OH is 2. The maximum atomic E-state index is 11.9. The molecule has 0 saturated heterocycles. The summed E-state index contributed by atoms with van der Waals surface area (Å²) in [5.74, 6) is 0.712. The summed E-state index contributed by atoms with van der Waals surface area (Å²) in [6.07, 6.45) is -0.205. The zero-order valence-corrected chi connectivity index (χ0v) is 53.2. The van der Waals surface area contributed by atoms with Crippen molar-refractivity contribution in [3.05, 3.63) is 175 Å². The topological polar surface area (TPSA) is 214 Å². The van der Waals surface area contributed by atoms with Gasteiger partial charge in [-0.05, 0) is 128 Å². The van der Waals surface area contributed by atoms with Gasteiger partial charge in [-0.25, -0.2) is 0 Å². The van der Waals surface area contributed by atoms with E-state index in [1.54, 1.807) is 0 Å². The zero-order chi connectivity index (χ0) is 63.2. The highest BCUT2D eigenvalue weighted by molar-refractivity contribution is 5.72. The third-order valence-corrected chi connectivity index (χ3v) is 15.8. The van der Waals surface area contributed by atoms with Crippen LogP contribution in [0.2, 0.25) is 0 Å². The van der Waals surface area contributed by atoms with E-state index >= 15 is 0 Å². The van der Waals surface area contributed by atoms with Gasteiger partial charge in [0.2, 0.25) is 0 Å². The third-order valence-electron chi connectivity index (χ3n) is 15.8. The number of carboxylic acids is 2. The van der Waals surface area contributed by atoms with Gasteiger partial charge in [0.05, 0.1) is 26.1 Å². The Kier molecular flexibility index (Phi) is 21.7. The molecule has 12 nitrogen and oxygen atoms in total. The van der Waals surface area contributed by atoms with Crippen LogP contribution in [0.4, 0.5) is 0 Å². The quantitative estimate of drug-likeness (QED) is 0.0455. The van der Waals surface area contributed by atoms with Gasteiger partial charge in [0, 0.05) is 27.4 Å². The number of aliphatic hydroxyl groups is 2. The molecule has 0 saturated carbocycles. The van der Waals surface area contributed by atoms with Gasteiger partial charge in [-0.2, -0.15) is 0 Å². The van der Waals surface area contributed by atoms with Crippen molar-refractivity contribution in [2.24, 2.45) is 0 Å². The van der Waals surface area contributed by atoms with Gasteiger partial charge in [0.25, 0.3) is 0 Å². The first kappa shape index (κ1) is 68.5. The first-order chi connectivity index (χ1) is 38.1. The first-order valence-electron chi connectivity index (χ1n) is 28.6. The van der Waals surface area contributed by atoms with Crippen molar-refractivity contribution in [1.29, 1.82) is 0 Å². The van der Waals surface area contributed by atoms with Crippen LogP contribution in [0, 0.1) is 27.7 Å². The number of benzene rings is 6. The van der Waals surface area contributed by atoms with E-state index in [0.29, 0.717) is 0 Å². The van der Waals surface area contributed by atoms with Crippen molar-refractivity contribution in [1.82, 2.24) is 0 Å². The summed E-state index contributed by atoms with van der Waals surface area (Å²) in [4.78, 5) is 23.9. The zero-order valence-electron chi connectivity index (χ0n) is 53.2. The highest BCUT2D eigenvalue weighted by atomic mass is 16.5. The van der Waals surface area contributed by atoms with E-state index in [0.717, 1.165) is 89.4 Å². The number of phenols is 4. The number of para-hydroxylation sites is 2. The smallest absolute Gasteiger partial charge is 0.304 e. The molecule has 6 aromatic rings. The van der Waals surface area contributed by atoms with Crippen LogP contribution in [0.3, 0.4) is 0 Å². The summed E-state index contributed by atoms with van der Waals surface area (Å²) < 4.78 is 11.4. The molecule has 0 radical (unpaired) electrons. The van der Waals surface area contributed by atoms with Crippen LogP contribution in [0.1, 0.15) is 202 Å². The Hall–Kier alpha value is -7.02. The largest absolute Gasteiger partial charge is 0.507 e. The molecular weight excluding hydrogens is 1040 g/mol. The van der Waals surface area contributed by atoms with Gasteiger partial charge in [-0.3, -0.25) is 9.59 Å². The van der Waals surface area contributed by atoms with E-state index in [4.69, 9.17) is 19.7 Å². The summed E-state index contributed by atoms with van der Waals surface area (Å²) in [5, 5.41) is 80.2. The van der Waals surface area contributed by atoms with E-state index in [2.05, 4.69) is 13.8 Å². The van der Waals surface area contributed by atoms with Crippen molar-refractivity contribution in [3.8, 4) is 34.5 Å². The lowest BCUT2D eigenvalue weighted by Gasteiger charge is -2.34. The lowest BCUT2D eigenvalue weighted by molar-refractivity contribution is -0.139. The Morgan fingerprint density at radius 3 is 0.807 bits per heavy atom. The number of aryl methyl sites for hydroxylation is 4. The number of hydrogen-bond donors (Lipinski definition) is 8. The normalized spacial score (nSPS) is 12.4. The van der Waals surface area contributed by atoms with Gasteiger partial charge in [-0.1, -0.05) is 196 Å². The molecule has 8 N–H and O–H groups in total. The van der Waals surface area contributed by atoms with E-state index in [1.807, 2.05) is 222 Å².